The van der Waals surface area contributed by atoms with Crippen LogP contribution in [0.15, 0.2) is 30.4 Å². The Bertz CT molecular complexity index is 652. The first kappa shape index (κ1) is 19.2. The summed E-state index contributed by atoms with van der Waals surface area (Å²) in [5.74, 6) is 5.34. The van der Waals surface area contributed by atoms with Crippen molar-refractivity contribution in [2.75, 3.05) is 0 Å². The molecule has 4 atom stereocenters. The summed E-state index contributed by atoms with van der Waals surface area (Å²) in [4.78, 5) is 0. The second kappa shape index (κ2) is 8.50. The first-order chi connectivity index (χ1) is 13.1. The largest absolute Gasteiger partial charge is 0.207 e. The summed E-state index contributed by atoms with van der Waals surface area (Å²) in [7, 11) is 0. The van der Waals surface area contributed by atoms with Crippen LogP contribution in [0.25, 0.3) is 0 Å². The van der Waals surface area contributed by atoms with Crippen molar-refractivity contribution >= 4 is 0 Å². The van der Waals surface area contributed by atoms with Gasteiger partial charge in [0.15, 0.2) is 0 Å². The van der Waals surface area contributed by atoms with Crippen molar-refractivity contribution in [2.24, 2.45) is 29.6 Å². The molecule has 0 nitrogen and oxygen atoms in total. The van der Waals surface area contributed by atoms with Crippen molar-refractivity contribution in [2.45, 2.75) is 84.0 Å². The number of aryl methyl sites for hydroxylation is 1. The molecule has 0 heterocycles. The van der Waals surface area contributed by atoms with E-state index in [0.717, 1.165) is 35.2 Å². The molecule has 0 amide bonds. The molecule has 0 N–H and O–H groups in total. The second-order valence-corrected chi connectivity index (χ2v) is 9.81. The van der Waals surface area contributed by atoms with Crippen LogP contribution in [0.4, 0.5) is 4.39 Å². The molecule has 0 saturated heterocycles. The van der Waals surface area contributed by atoms with Crippen molar-refractivity contribution in [1.29, 1.82) is 0 Å². The molecule has 1 aromatic rings. The number of halogens is 1. The zero-order valence-electron chi connectivity index (χ0n) is 17.3. The number of benzene rings is 1. The van der Waals surface area contributed by atoms with Gasteiger partial charge in [0, 0.05) is 0 Å². The van der Waals surface area contributed by atoms with Crippen LogP contribution >= 0.6 is 0 Å². The van der Waals surface area contributed by atoms with Gasteiger partial charge in [0.25, 0.3) is 0 Å². The van der Waals surface area contributed by atoms with Gasteiger partial charge in [-0.05, 0) is 131 Å². The summed E-state index contributed by atoms with van der Waals surface area (Å²) in [5, 5.41) is 0. The van der Waals surface area contributed by atoms with E-state index in [1.807, 2.05) is 13.0 Å². The number of fused-ring (bicyclic) bond motifs is 1. The summed E-state index contributed by atoms with van der Waals surface area (Å²) >= 11 is 0. The molecular formula is C26H37F. The Balaban J connectivity index is 1.30. The molecule has 3 saturated carbocycles. The normalized spacial score (nSPS) is 37.3. The number of allylic oxidation sites excluding steroid dienone is 2. The molecule has 1 aromatic carbocycles. The predicted molar refractivity (Wildman–Crippen MR) is 112 cm³/mol. The minimum Gasteiger partial charge on any atom is -0.207 e. The van der Waals surface area contributed by atoms with E-state index < -0.39 is 0 Å². The Morgan fingerprint density at radius 3 is 2.15 bits per heavy atom. The number of rotatable bonds is 3. The monoisotopic (exact) mass is 368 g/mol. The minimum atomic E-state index is -0.0264. The maximum absolute atomic E-state index is 13.9. The lowest BCUT2D eigenvalue weighted by Gasteiger charge is -2.45. The van der Waals surface area contributed by atoms with Gasteiger partial charge < -0.3 is 0 Å². The molecule has 0 spiro atoms. The van der Waals surface area contributed by atoms with Crippen LogP contribution in [0, 0.1) is 42.3 Å². The van der Waals surface area contributed by atoms with Gasteiger partial charge in [0.05, 0.1) is 0 Å². The Hall–Kier alpha value is -1.11. The van der Waals surface area contributed by atoms with Gasteiger partial charge in [-0.2, -0.15) is 0 Å². The molecule has 4 unspecified atom stereocenters. The van der Waals surface area contributed by atoms with E-state index in [4.69, 9.17) is 0 Å². The fourth-order valence-electron chi connectivity index (χ4n) is 6.62. The highest BCUT2D eigenvalue weighted by atomic mass is 19.1. The van der Waals surface area contributed by atoms with Gasteiger partial charge in [-0.15, -0.1) is 0 Å². The highest BCUT2D eigenvalue weighted by molar-refractivity contribution is 5.26. The topological polar surface area (TPSA) is 0 Å². The van der Waals surface area contributed by atoms with Gasteiger partial charge in [-0.25, -0.2) is 4.39 Å². The SMILES string of the molecule is C/C=C/C1CCC2CC(C3CCC(c4ccc(C)c(F)c4)CC3)CCC2C1. The zero-order chi connectivity index (χ0) is 18.8. The summed E-state index contributed by atoms with van der Waals surface area (Å²) in [6.07, 6.45) is 18.8. The van der Waals surface area contributed by atoms with Crippen LogP contribution in [-0.2, 0) is 0 Å². The third-order valence-electron chi connectivity index (χ3n) is 8.26. The van der Waals surface area contributed by atoms with Crippen molar-refractivity contribution in [3.63, 3.8) is 0 Å². The molecule has 27 heavy (non-hydrogen) atoms. The van der Waals surface area contributed by atoms with Crippen molar-refractivity contribution in [1.82, 2.24) is 0 Å². The van der Waals surface area contributed by atoms with Crippen LogP contribution in [-0.4, -0.2) is 0 Å². The summed E-state index contributed by atoms with van der Waals surface area (Å²) in [6, 6.07) is 5.93. The second-order valence-electron chi connectivity index (χ2n) is 9.81. The molecule has 3 aliphatic rings. The smallest absolute Gasteiger partial charge is 0.126 e. The standard InChI is InChI=1S/C26H37F/c1-3-4-19-6-8-24-16-23(14-13-22(24)15-19)20-9-11-21(12-10-20)25-7-5-18(2)26(27)17-25/h3-5,7,17,19-24H,6,8-16H2,1-2H3/b4-3+. The molecule has 1 heteroatoms. The summed E-state index contributed by atoms with van der Waals surface area (Å²) in [5.41, 5.74) is 2.01. The summed E-state index contributed by atoms with van der Waals surface area (Å²) in [6.45, 7) is 4.03. The average Bonchev–Trinajstić information content (AvgIpc) is 2.70. The highest BCUT2D eigenvalue weighted by Gasteiger charge is 2.38. The van der Waals surface area contributed by atoms with Crippen molar-refractivity contribution in [3.05, 3.63) is 47.3 Å². The van der Waals surface area contributed by atoms with E-state index >= 15 is 0 Å². The number of hydrogen-bond donors (Lipinski definition) is 0. The van der Waals surface area contributed by atoms with E-state index in [1.54, 1.807) is 6.07 Å². The van der Waals surface area contributed by atoms with E-state index in [0.29, 0.717) is 5.92 Å². The summed E-state index contributed by atoms with van der Waals surface area (Å²) < 4.78 is 13.9. The maximum Gasteiger partial charge on any atom is 0.126 e. The van der Waals surface area contributed by atoms with Crippen LogP contribution in [0.5, 0.6) is 0 Å². The van der Waals surface area contributed by atoms with Gasteiger partial charge in [-0.3, -0.25) is 0 Å². The molecule has 3 aliphatic carbocycles. The number of hydrogen-bond acceptors (Lipinski definition) is 0. The Kier molecular flexibility index (Phi) is 6.05. The molecule has 0 bridgehead atoms. The lowest BCUT2D eigenvalue weighted by Crippen LogP contribution is -2.34. The molecule has 0 radical (unpaired) electrons. The van der Waals surface area contributed by atoms with Crippen LogP contribution in [0.1, 0.15) is 88.2 Å². The maximum atomic E-state index is 13.9. The molecule has 0 aromatic heterocycles. The quantitative estimate of drug-likeness (QED) is 0.477. The molecule has 148 valence electrons. The Morgan fingerprint density at radius 2 is 1.44 bits per heavy atom. The minimum absolute atomic E-state index is 0.0264. The van der Waals surface area contributed by atoms with Crippen molar-refractivity contribution in [3.8, 4) is 0 Å². The van der Waals surface area contributed by atoms with Crippen LogP contribution < -0.4 is 0 Å². The first-order valence-electron chi connectivity index (χ1n) is 11.5. The van der Waals surface area contributed by atoms with Crippen molar-refractivity contribution < 1.29 is 4.39 Å². The molecule has 4 rings (SSSR count). The van der Waals surface area contributed by atoms with E-state index in [1.165, 1.54) is 69.8 Å². The fourth-order valence-corrected chi connectivity index (χ4v) is 6.62. The molecular weight excluding hydrogens is 331 g/mol. The van der Waals surface area contributed by atoms with Crippen LogP contribution in [0.2, 0.25) is 0 Å². The third kappa shape index (κ3) is 4.33. The van der Waals surface area contributed by atoms with Gasteiger partial charge >= 0.3 is 0 Å². The third-order valence-corrected chi connectivity index (χ3v) is 8.26. The van der Waals surface area contributed by atoms with E-state index in [-0.39, 0.29) is 5.82 Å². The molecule has 3 fully saturated rings. The van der Waals surface area contributed by atoms with E-state index in [9.17, 15) is 4.39 Å². The fraction of sp³-hybridized carbons (Fsp3) is 0.692. The zero-order valence-corrected chi connectivity index (χ0v) is 17.3. The average molecular weight is 369 g/mol. The lowest BCUT2D eigenvalue weighted by atomic mass is 9.61. The predicted octanol–water partition coefficient (Wildman–Crippen LogP) is 7.82. The van der Waals surface area contributed by atoms with Gasteiger partial charge in [0.2, 0.25) is 0 Å². The lowest BCUT2D eigenvalue weighted by molar-refractivity contribution is 0.0718. The van der Waals surface area contributed by atoms with Crippen LogP contribution in [0.3, 0.4) is 0 Å². The highest BCUT2D eigenvalue weighted by Crippen LogP contribution is 2.50. The van der Waals surface area contributed by atoms with Gasteiger partial charge in [0.1, 0.15) is 5.82 Å². The van der Waals surface area contributed by atoms with Gasteiger partial charge in [-0.1, -0.05) is 24.3 Å². The Labute approximate surface area is 165 Å². The molecule has 0 aliphatic heterocycles. The van der Waals surface area contributed by atoms with E-state index in [2.05, 4.69) is 25.1 Å². The first-order valence-corrected chi connectivity index (χ1v) is 11.5. The Morgan fingerprint density at radius 1 is 0.815 bits per heavy atom.